The minimum Gasteiger partial charge on any atom is -0.496 e. The first-order valence-corrected chi connectivity index (χ1v) is 7.62. The molecule has 2 aromatic carbocycles. The molecule has 1 N–H and O–H groups in total. The van der Waals surface area contributed by atoms with Gasteiger partial charge in [0.25, 0.3) is 0 Å². The lowest BCUT2D eigenvalue weighted by Gasteiger charge is -2.10. The highest BCUT2D eigenvalue weighted by Crippen LogP contribution is 2.17. The minimum absolute atomic E-state index is 0. The third kappa shape index (κ3) is 5.36. The SMILES string of the molecule is COc1ccccc1CCNCc1ccc(C(C)C)cc1.Cl. The van der Waals surface area contributed by atoms with Gasteiger partial charge in [0.2, 0.25) is 0 Å². The third-order valence-corrected chi connectivity index (χ3v) is 3.74. The molecule has 120 valence electrons. The van der Waals surface area contributed by atoms with Gasteiger partial charge in [-0.2, -0.15) is 0 Å². The Balaban J connectivity index is 0.00000242. The van der Waals surface area contributed by atoms with Crippen LogP contribution in [0.2, 0.25) is 0 Å². The molecule has 0 radical (unpaired) electrons. The maximum atomic E-state index is 5.37. The summed E-state index contributed by atoms with van der Waals surface area (Å²) in [7, 11) is 1.72. The number of hydrogen-bond donors (Lipinski definition) is 1. The first kappa shape index (κ1) is 18.5. The van der Waals surface area contributed by atoms with E-state index in [9.17, 15) is 0 Å². The van der Waals surface area contributed by atoms with Gasteiger partial charge in [0.15, 0.2) is 0 Å². The Bertz CT molecular complexity index is 552. The summed E-state index contributed by atoms with van der Waals surface area (Å²) in [6.45, 7) is 6.31. The Labute approximate surface area is 140 Å². The first-order valence-electron chi connectivity index (χ1n) is 7.62. The zero-order valence-electron chi connectivity index (χ0n) is 13.6. The summed E-state index contributed by atoms with van der Waals surface area (Å²) in [5, 5.41) is 3.49. The van der Waals surface area contributed by atoms with Gasteiger partial charge in [-0.15, -0.1) is 12.4 Å². The molecule has 0 saturated carbocycles. The first-order chi connectivity index (χ1) is 10.2. The summed E-state index contributed by atoms with van der Waals surface area (Å²) in [5.41, 5.74) is 3.98. The van der Waals surface area contributed by atoms with Gasteiger partial charge in [0.1, 0.15) is 5.75 Å². The lowest BCUT2D eigenvalue weighted by molar-refractivity contribution is 0.409. The van der Waals surface area contributed by atoms with E-state index in [2.05, 4.69) is 55.6 Å². The molecule has 3 heteroatoms. The van der Waals surface area contributed by atoms with Crippen LogP contribution >= 0.6 is 12.4 Å². The maximum Gasteiger partial charge on any atom is 0.122 e. The van der Waals surface area contributed by atoms with Gasteiger partial charge >= 0.3 is 0 Å². The molecule has 0 aliphatic carbocycles. The molecule has 0 aliphatic heterocycles. The molecule has 0 fully saturated rings. The largest absolute Gasteiger partial charge is 0.496 e. The third-order valence-electron chi connectivity index (χ3n) is 3.74. The van der Waals surface area contributed by atoms with Gasteiger partial charge in [-0.1, -0.05) is 56.3 Å². The second-order valence-electron chi connectivity index (χ2n) is 5.63. The molecular weight excluding hydrogens is 294 g/mol. The molecule has 2 rings (SSSR count). The van der Waals surface area contributed by atoms with Crippen molar-refractivity contribution >= 4 is 12.4 Å². The molecule has 0 heterocycles. The number of para-hydroxylation sites is 1. The normalized spacial score (nSPS) is 10.4. The van der Waals surface area contributed by atoms with E-state index in [0.29, 0.717) is 5.92 Å². The van der Waals surface area contributed by atoms with Gasteiger partial charge in [0, 0.05) is 6.54 Å². The molecule has 0 unspecified atom stereocenters. The van der Waals surface area contributed by atoms with Crippen molar-refractivity contribution in [1.82, 2.24) is 5.32 Å². The number of ether oxygens (including phenoxy) is 1. The molecule has 0 saturated heterocycles. The lowest BCUT2D eigenvalue weighted by Crippen LogP contribution is -2.17. The van der Waals surface area contributed by atoms with E-state index < -0.39 is 0 Å². The van der Waals surface area contributed by atoms with Crippen molar-refractivity contribution in [2.24, 2.45) is 0 Å². The smallest absolute Gasteiger partial charge is 0.122 e. The monoisotopic (exact) mass is 319 g/mol. The molecule has 0 atom stereocenters. The van der Waals surface area contributed by atoms with Crippen LogP contribution in [-0.4, -0.2) is 13.7 Å². The van der Waals surface area contributed by atoms with Crippen molar-refractivity contribution in [1.29, 1.82) is 0 Å². The molecule has 0 aliphatic rings. The molecule has 0 bridgehead atoms. The van der Waals surface area contributed by atoms with Crippen LogP contribution in [0.3, 0.4) is 0 Å². The highest BCUT2D eigenvalue weighted by Gasteiger charge is 2.01. The topological polar surface area (TPSA) is 21.3 Å². The van der Waals surface area contributed by atoms with Gasteiger partial charge in [0.05, 0.1) is 7.11 Å². The fourth-order valence-electron chi connectivity index (χ4n) is 2.39. The van der Waals surface area contributed by atoms with E-state index in [1.54, 1.807) is 7.11 Å². The van der Waals surface area contributed by atoms with Crippen LogP contribution in [0.15, 0.2) is 48.5 Å². The predicted molar refractivity (Wildman–Crippen MR) is 96.2 cm³/mol. The average Bonchev–Trinajstić information content (AvgIpc) is 2.52. The number of nitrogens with one attached hydrogen (secondary N) is 1. The van der Waals surface area contributed by atoms with Crippen LogP contribution in [0.4, 0.5) is 0 Å². The van der Waals surface area contributed by atoms with Crippen LogP contribution in [0.5, 0.6) is 5.75 Å². The molecule has 0 amide bonds. The highest BCUT2D eigenvalue weighted by atomic mass is 35.5. The van der Waals surface area contributed by atoms with E-state index in [-0.39, 0.29) is 12.4 Å². The summed E-state index contributed by atoms with van der Waals surface area (Å²) in [5.74, 6) is 1.57. The van der Waals surface area contributed by atoms with E-state index in [0.717, 1.165) is 25.3 Å². The quantitative estimate of drug-likeness (QED) is 0.755. The van der Waals surface area contributed by atoms with Gasteiger partial charge < -0.3 is 10.1 Å². The minimum atomic E-state index is 0. The summed E-state index contributed by atoms with van der Waals surface area (Å²) in [6, 6.07) is 17.1. The summed E-state index contributed by atoms with van der Waals surface area (Å²) in [6.07, 6.45) is 0.980. The molecule has 0 aromatic heterocycles. The summed E-state index contributed by atoms with van der Waals surface area (Å²) >= 11 is 0. The van der Waals surface area contributed by atoms with Crippen LogP contribution in [-0.2, 0) is 13.0 Å². The molecule has 2 nitrogen and oxygen atoms in total. The van der Waals surface area contributed by atoms with Crippen molar-refractivity contribution in [2.45, 2.75) is 32.7 Å². The molecule has 0 spiro atoms. The number of hydrogen-bond acceptors (Lipinski definition) is 2. The second kappa shape index (κ2) is 9.50. The van der Waals surface area contributed by atoms with Gasteiger partial charge in [-0.25, -0.2) is 0 Å². The van der Waals surface area contributed by atoms with Crippen LogP contribution in [0.25, 0.3) is 0 Å². The van der Waals surface area contributed by atoms with E-state index in [1.807, 2.05) is 12.1 Å². The molecular formula is C19H26ClNO. The van der Waals surface area contributed by atoms with Crippen molar-refractivity contribution in [2.75, 3.05) is 13.7 Å². The van der Waals surface area contributed by atoms with Gasteiger partial charge in [-0.3, -0.25) is 0 Å². The van der Waals surface area contributed by atoms with Crippen molar-refractivity contribution in [3.8, 4) is 5.75 Å². The van der Waals surface area contributed by atoms with Crippen LogP contribution in [0, 0.1) is 0 Å². The summed E-state index contributed by atoms with van der Waals surface area (Å²) < 4.78 is 5.37. The lowest BCUT2D eigenvalue weighted by atomic mass is 10.0. The second-order valence-corrected chi connectivity index (χ2v) is 5.63. The van der Waals surface area contributed by atoms with Gasteiger partial charge in [-0.05, 0) is 41.6 Å². The Morgan fingerprint density at radius 2 is 1.68 bits per heavy atom. The number of rotatable bonds is 7. The molecule has 2 aromatic rings. The number of methoxy groups -OCH3 is 1. The Morgan fingerprint density at radius 1 is 1.00 bits per heavy atom. The highest BCUT2D eigenvalue weighted by molar-refractivity contribution is 5.85. The van der Waals surface area contributed by atoms with Crippen LogP contribution < -0.4 is 10.1 Å². The Kier molecular flexibility index (Phi) is 8.00. The zero-order valence-corrected chi connectivity index (χ0v) is 14.5. The van der Waals surface area contributed by atoms with E-state index in [1.165, 1.54) is 16.7 Å². The van der Waals surface area contributed by atoms with Crippen molar-refractivity contribution in [3.63, 3.8) is 0 Å². The molecule has 22 heavy (non-hydrogen) atoms. The Hall–Kier alpha value is -1.51. The van der Waals surface area contributed by atoms with E-state index in [4.69, 9.17) is 4.74 Å². The summed E-state index contributed by atoms with van der Waals surface area (Å²) in [4.78, 5) is 0. The standard InChI is InChI=1S/C19H25NO.ClH/c1-15(2)17-10-8-16(9-11-17)14-20-13-12-18-6-4-5-7-19(18)21-3;/h4-11,15,20H,12-14H2,1-3H3;1H. The van der Waals surface area contributed by atoms with E-state index >= 15 is 0 Å². The van der Waals surface area contributed by atoms with Crippen molar-refractivity contribution < 1.29 is 4.74 Å². The Morgan fingerprint density at radius 3 is 2.32 bits per heavy atom. The maximum absolute atomic E-state index is 5.37. The number of halogens is 1. The average molecular weight is 320 g/mol. The van der Waals surface area contributed by atoms with Crippen LogP contribution in [0.1, 0.15) is 36.5 Å². The predicted octanol–water partition coefficient (Wildman–Crippen LogP) is 4.57. The zero-order chi connectivity index (χ0) is 15.1. The number of benzene rings is 2. The van der Waals surface area contributed by atoms with Crippen molar-refractivity contribution in [3.05, 3.63) is 65.2 Å². The fraction of sp³-hybridized carbons (Fsp3) is 0.368. The fourth-order valence-corrected chi connectivity index (χ4v) is 2.39.